The van der Waals surface area contributed by atoms with E-state index >= 15 is 0 Å². The van der Waals surface area contributed by atoms with Crippen LogP contribution in [0.5, 0.6) is 0 Å². The Bertz CT molecular complexity index is 553. The molecule has 2 aliphatic rings. The molecule has 1 atom stereocenters. The molecule has 0 aromatic carbocycles. The quantitative estimate of drug-likeness (QED) is 0.896. The van der Waals surface area contributed by atoms with Gasteiger partial charge in [-0.15, -0.1) is 0 Å². The van der Waals surface area contributed by atoms with Gasteiger partial charge in [-0.3, -0.25) is 4.79 Å². The summed E-state index contributed by atoms with van der Waals surface area (Å²) in [6, 6.07) is 0. The van der Waals surface area contributed by atoms with Crippen molar-refractivity contribution in [3.05, 3.63) is 11.7 Å². The second-order valence-electron chi connectivity index (χ2n) is 6.95. The van der Waals surface area contributed by atoms with Crippen molar-refractivity contribution in [2.24, 2.45) is 11.7 Å². The molecule has 2 fully saturated rings. The molecule has 1 aliphatic carbocycles. The first-order valence-electron chi connectivity index (χ1n) is 8.40. The number of ether oxygens (including phenoxy) is 1. The van der Waals surface area contributed by atoms with Gasteiger partial charge in [0.15, 0.2) is 5.82 Å². The molecule has 2 N–H and O–H groups in total. The Morgan fingerprint density at radius 3 is 2.78 bits per heavy atom. The lowest BCUT2D eigenvalue weighted by atomic mass is 9.85. The number of rotatable bonds is 4. The van der Waals surface area contributed by atoms with Crippen molar-refractivity contribution in [3.8, 4) is 0 Å². The monoisotopic (exact) mass is 322 g/mol. The van der Waals surface area contributed by atoms with Crippen LogP contribution in [0, 0.1) is 5.92 Å². The number of hydrogen-bond acceptors (Lipinski definition) is 6. The van der Waals surface area contributed by atoms with Gasteiger partial charge in [0.25, 0.3) is 0 Å². The topological polar surface area (TPSA) is 94.5 Å². The van der Waals surface area contributed by atoms with Crippen LogP contribution in [-0.4, -0.2) is 47.3 Å². The molecule has 3 rings (SSSR count). The second-order valence-corrected chi connectivity index (χ2v) is 6.95. The van der Waals surface area contributed by atoms with E-state index in [2.05, 4.69) is 10.1 Å². The van der Waals surface area contributed by atoms with E-state index in [1.165, 1.54) is 0 Å². The molecule has 1 saturated carbocycles. The second kappa shape index (κ2) is 6.57. The highest BCUT2D eigenvalue weighted by Crippen LogP contribution is 2.31. The van der Waals surface area contributed by atoms with Crippen LogP contribution in [0.1, 0.15) is 50.7 Å². The van der Waals surface area contributed by atoms with Crippen LogP contribution in [0.15, 0.2) is 4.52 Å². The highest BCUT2D eigenvalue weighted by molar-refractivity contribution is 5.73. The normalized spacial score (nSPS) is 31.5. The van der Waals surface area contributed by atoms with E-state index in [0.717, 1.165) is 37.9 Å². The number of carbonyl (C=O) groups excluding carboxylic acids is 1. The van der Waals surface area contributed by atoms with Crippen LogP contribution in [0.25, 0.3) is 0 Å². The molecular formula is C16H26N4O3. The maximum Gasteiger partial charge on any atom is 0.248 e. The number of hydrogen-bond donors (Lipinski definition) is 1. The first-order valence-corrected chi connectivity index (χ1v) is 8.40. The fourth-order valence-corrected chi connectivity index (χ4v) is 3.65. The molecule has 1 aromatic rings. The Morgan fingerprint density at radius 1 is 1.43 bits per heavy atom. The van der Waals surface area contributed by atoms with Crippen molar-refractivity contribution in [1.29, 1.82) is 0 Å². The third kappa shape index (κ3) is 3.55. The summed E-state index contributed by atoms with van der Waals surface area (Å²) in [5.41, 5.74) is 5.68. The van der Waals surface area contributed by atoms with Crippen LogP contribution in [-0.2, 0) is 21.5 Å². The Labute approximate surface area is 136 Å². The van der Waals surface area contributed by atoms with Crippen molar-refractivity contribution >= 4 is 5.91 Å². The van der Waals surface area contributed by atoms with Crippen molar-refractivity contribution in [1.82, 2.24) is 15.0 Å². The minimum Gasteiger partial charge on any atom is -0.381 e. The maximum absolute atomic E-state index is 11.5. The van der Waals surface area contributed by atoms with Crippen molar-refractivity contribution < 1.29 is 14.1 Å². The first-order chi connectivity index (χ1) is 11.0. The Hall–Kier alpha value is -1.47. The molecule has 1 amide bonds. The maximum atomic E-state index is 11.5. The predicted molar refractivity (Wildman–Crippen MR) is 83.5 cm³/mol. The average Bonchev–Trinajstić information content (AvgIpc) is 3.16. The Morgan fingerprint density at radius 2 is 2.17 bits per heavy atom. The van der Waals surface area contributed by atoms with Crippen molar-refractivity contribution in [2.45, 2.75) is 57.1 Å². The first kappa shape index (κ1) is 16.4. The van der Waals surface area contributed by atoms with E-state index in [4.69, 9.17) is 15.0 Å². The summed E-state index contributed by atoms with van der Waals surface area (Å²) in [6.07, 6.45) is 6.35. The molecule has 7 nitrogen and oxygen atoms in total. The van der Waals surface area contributed by atoms with E-state index < -0.39 is 5.54 Å². The van der Waals surface area contributed by atoms with Gasteiger partial charge in [-0.05, 0) is 38.0 Å². The summed E-state index contributed by atoms with van der Waals surface area (Å²) in [5, 5.41) is 4.11. The molecular weight excluding hydrogens is 296 g/mol. The van der Waals surface area contributed by atoms with Gasteiger partial charge in [0.05, 0.1) is 6.10 Å². The lowest BCUT2D eigenvalue weighted by molar-refractivity contribution is -0.128. The fraction of sp³-hybridized carbons (Fsp3) is 0.812. The molecule has 1 aliphatic heterocycles. The Balaban J connectivity index is 1.59. The zero-order valence-corrected chi connectivity index (χ0v) is 14.0. The van der Waals surface area contributed by atoms with Gasteiger partial charge in [-0.1, -0.05) is 5.16 Å². The molecule has 1 unspecified atom stereocenters. The number of likely N-dealkylation sites (tertiary alicyclic amines) is 1. The summed E-state index contributed by atoms with van der Waals surface area (Å²) in [7, 11) is 1.78. The van der Waals surface area contributed by atoms with Gasteiger partial charge >= 0.3 is 0 Å². The third-order valence-electron chi connectivity index (χ3n) is 5.24. The van der Waals surface area contributed by atoms with E-state index in [9.17, 15) is 4.79 Å². The van der Waals surface area contributed by atoms with Gasteiger partial charge in [0.1, 0.15) is 5.54 Å². The van der Waals surface area contributed by atoms with E-state index in [1.54, 1.807) is 18.9 Å². The average molecular weight is 322 g/mol. The zero-order valence-electron chi connectivity index (χ0n) is 14.0. The van der Waals surface area contributed by atoms with Crippen molar-refractivity contribution in [2.75, 3.05) is 20.2 Å². The lowest BCUT2D eigenvalue weighted by Gasteiger charge is -2.26. The van der Waals surface area contributed by atoms with E-state index in [0.29, 0.717) is 37.4 Å². The minimum atomic E-state index is -0.704. The summed E-state index contributed by atoms with van der Waals surface area (Å²) in [4.78, 5) is 17.7. The summed E-state index contributed by atoms with van der Waals surface area (Å²) in [6.45, 7) is 2.65. The van der Waals surface area contributed by atoms with Crippen LogP contribution in [0.3, 0.4) is 0 Å². The molecule has 128 valence electrons. The molecule has 0 spiro atoms. The zero-order chi connectivity index (χ0) is 16.4. The van der Waals surface area contributed by atoms with Gasteiger partial charge in [0.2, 0.25) is 11.8 Å². The minimum absolute atomic E-state index is 0.0342. The van der Waals surface area contributed by atoms with Crippen LogP contribution >= 0.6 is 0 Å². The molecule has 1 aromatic heterocycles. The number of carbonyl (C=O) groups is 1. The number of aromatic nitrogens is 2. The summed E-state index contributed by atoms with van der Waals surface area (Å²) in [5.74, 6) is 1.80. The molecule has 7 heteroatoms. The van der Waals surface area contributed by atoms with Gasteiger partial charge in [-0.25, -0.2) is 0 Å². The molecule has 0 bridgehead atoms. The number of nitrogens with zero attached hydrogens (tertiary/aromatic N) is 3. The highest BCUT2D eigenvalue weighted by atomic mass is 16.5. The number of amides is 1. The third-order valence-corrected chi connectivity index (χ3v) is 5.24. The molecule has 1 saturated heterocycles. The van der Waals surface area contributed by atoms with Crippen LogP contribution < -0.4 is 5.73 Å². The Kier molecular flexibility index (Phi) is 4.68. The van der Waals surface area contributed by atoms with Gasteiger partial charge in [-0.2, -0.15) is 4.98 Å². The summed E-state index contributed by atoms with van der Waals surface area (Å²) >= 11 is 0. The van der Waals surface area contributed by atoms with Crippen LogP contribution in [0.4, 0.5) is 0 Å². The predicted octanol–water partition coefficient (Wildman–Crippen LogP) is 1.22. The van der Waals surface area contributed by atoms with Gasteiger partial charge in [0, 0.05) is 33.5 Å². The van der Waals surface area contributed by atoms with Gasteiger partial charge < -0.3 is 19.9 Å². The molecule has 23 heavy (non-hydrogen) atoms. The molecule has 0 radical (unpaired) electrons. The van der Waals surface area contributed by atoms with Crippen molar-refractivity contribution in [3.63, 3.8) is 0 Å². The van der Waals surface area contributed by atoms with Crippen LogP contribution in [0.2, 0.25) is 0 Å². The number of nitrogens with two attached hydrogens (primary N) is 1. The van der Waals surface area contributed by atoms with E-state index in [1.807, 2.05) is 0 Å². The largest absolute Gasteiger partial charge is 0.381 e. The fourth-order valence-electron chi connectivity index (χ4n) is 3.65. The standard InChI is InChI=1S/C16H26N4O3/c1-11(21)20-8-7-16(17,10-20)15-18-14(19-23-15)9-12-3-5-13(22-2)6-4-12/h12-13H,3-10,17H2,1-2H3. The SMILES string of the molecule is COC1CCC(Cc2noc(C3(N)CCN(C(C)=O)C3)n2)CC1. The molecule has 2 heterocycles. The highest BCUT2D eigenvalue weighted by Gasteiger charge is 2.42. The summed E-state index contributed by atoms with van der Waals surface area (Å²) < 4.78 is 10.8. The smallest absolute Gasteiger partial charge is 0.248 e. The van der Waals surface area contributed by atoms with E-state index in [-0.39, 0.29) is 5.91 Å². The lowest BCUT2D eigenvalue weighted by Crippen LogP contribution is -2.41. The number of methoxy groups -OCH3 is 1.